The fraction of sp³-hybridized carbons (Fsp3) is 0. The monoisotopic (exact) mass is 138 g/mol. The van der Waals surface area contributed by atoms with Crippen molar-refractivity contribution in [3.8, 4) is 5.40 Å². The van der Waals surface area contributed by atoms with Gasteiger partial charge in [0.05, 0.1) is 0 Å². The molecule has 0 bridgehead atoms. The number of nitriles is 1. The Morgan fingerprint density at radius 1 is 2.00 bits per heavy atom. The highest BCUT2D eigenvalue weighted by Gasteiger charge is 1.90. The van der Waals surface area contributed by atoms with Crippen LogP contribution in [0.5, 0.6) is 0 Å². The van der Waals surface area contributed by atoms with Crippen LogP contribution in [0.2, 0.25) is 0 Å². The van der Waals surface area contributed by atoms with E-state index in [1.165, 1.54) is 5.40 Å². The minimum atomic E-state index is -2.62. The first-order valence-electron chi connectivity index (χ1n) is 1.16. The van der Waals surface area contributed by atoms with Crippen molar-refractivity contribution < 1.29 is 13.4 Å². The highest BCUT2D eigenvalue weighted by atomic mass is 32.2. The van der Waals surface area contributed by atoms with Crippen LogP contribution in [-0.4, -0.2) is 4.89 Å². The summed E-state index contributed by atoms with van der Waals surface area (Å²) >= 11 is 0.288. The molecule has 4 nitrogen and oxygen atoms in total. The second-order valence-electron chi connectivity index (χ2n) is 0.487. The molecule has 0 fully saturated rings. The summed E-state index contributed by atoms with van der Waals surface area (Å²) in [6.07, 6.45) is 0. The third-order valence-corrected chi connectivity index (χ3v) is 1.02. The first-order valence-corrected chi connectivity index (χ1v) is 3.03. The second-order valence-corrected chi connectivity index (χ2v) is 1.91. The zero-order chi connectivity index (χ0) is 5.70. The van der Waals surface area contributed by atoms with E-state index in [0.717, 1.165) is 0 Å². The van der Waals surface area contributed by atoms with Crippen molar-refractivity contribution in [1.82, 2.24) is 0 Å². The maximum atomic E-state index is 9.51. The summed E-state index contributed by atoms with van der Waals surface area (Å²) in [5.74, 6) is 0. The third-order valence-electron chi connectivity index (χ3n) is 0.138. The Morgan fingerprint density at radius 3 is 2.71 bits per heavy atom. The predicted molar refractivity (Wildman–Crippen MR) is 24.1 cm³/mol. The molecule has 6 heteroatoms. The Hall–Kier alpha value is -0.140. The molecular weight excluding hydrogens is 137 g/mol. The average Bonchev–Trinajstić information content (AvgIpc) is 1.61. The van der Waals surface area contributed by atoms with Crippen LogP contribution in [0.1, 0.15) is 0 Å². The summed E-state index contributed by atoms with van der Waals surface area (Å²) in [7, 11) is -2.62. The third kappa shape index (κ3) is 5.86. The van der Waals surface area contributed by atoms with Crippen molar-refractivity contribution in [3.63, 3.8) is 0 Å². The number of rotatable bonds is 2. The van der Waals surface area contributed by atoms with Gasteiger partial charge in [-0.2, -0.15) is 9.23 Å². The fourth-order valence-corrected chi connectivity index (χ4v) is 0.437. The lowest BCUT2D eigenvalue weighted by atomic mass is 11.8. The number of hydrogen-bond acceptors (Lipinski definition) is 4. The van der Waals surface area contributed by atoms with Crippen molar-refractivity contribution in [2.45, 2.75) is 0 Å². The quantitative estimate of drug-likeness (QED) is 0.347. The maximum absolute atomic E-state index is 9.51. The van der Waals surface area contributed by atoms with Gasteiger partial charge in [0.15, 0.2) is 5.40 Å². The molecule has 0 rings (SSSR count). The van der Waals surface area contributed by atoms with Crippen LogP contribution >= 0.6 is 20.3 Å². The molecule has 1 atom stereocenters. The van der Waals surface area contributed by atoms with Crippen molar-refractivity contribution in [1.29, 1.82) is 5.26 Å². The molecule has 0 aliphatic carbocycles. The van der Waals surface area contributed by atoms with Gasteiger partial charge in [0, 0.05) is 0 Å². The molecule has 0 amide bonds. The molecule has 0 aromatic rings. The first-order chi connectivity index (χ1) is 3.27. The van der Waals surface area contributed by atoms with E-state index in [0.29, 0.717) is 0 Å². The van der Waals surface area contributed by atoms with Gasteiger partial charge < -0.3 is 0 Å². The van der Waals surface area contributed by atoms with Crippen LogP contribution in [0.3, 0.4) is 0 Å². The predicted octanol–water partition coefficient (Wildman–Crippen LogP) is 0.782. The zero-order valence-corrected chi connectivity index (χ0v) is 4.78. The van der Waals surface area contributed by atoms with Gasteiger partial charge in [-0.25, -0.2) is 4.57 Å². The van der Waals surface area contributed by atoms with E-state index < -0.39 is 8.25 Å². The number of hydrogen-bond donors (Lipinski definition) is 1. The highest BCUT2D eigenvalue weighted by molar-refractivity contribution is 8.01. The Bertz CT molecular complexity index is 108. The number of thiocyanates is 1. The van der Waals surface area contributed by atoms with Gasteiger partial charge >= 0.3 is 8.25 Å². The molecule has 0 saturated carbocycles. The zero-order valence-electron chi connectivity index (χ0n) is 3.07. The van der Waals surface area contributed by atoms with Gasteiger partial charge in [0.25, 0.3) is 0 Å². The lowest BCUT2D eigenvalue weighted by Crippen LogP contribution is -1.55. The van der Waals surface area contributed by atoms with Gasteiger partial charge in [-0.1, -0.05) is 0 Å². The Morgan fingerprint density at radius 2 is 2.57 bits per heavy atom. The molecule has 1 N–H and O–H groups in total. The van der Waals surface area contributed by atoms with Crippen molar-refractivity contribution in [2.24, 2.45) is 0 Å². The summed E-state index contributed by atoms with van der Waals surface area (Å²) < 4.78 is 13.3. The molecule has 0 aliphatic rings. The molecule has 7 heavy (non-hydrogen) atoms. The van der Waals surface area contributed by atoms with Crippen LogP contribution in [0, 0.1) is 10.7 Å². The van der Waals surface area contributed by atoms with Crippen LogP contribution in [0.25, 0.3) is 0 Å². The van der Waals surface area contributed by atoms with E-state index in [9.17, 15) is 4.57 Å². The van der Waals surface area contributed by atoms with E-state index >= 15 is 0 Å². The van der Waals surface area contributed by atoms with Gasteiger partial charge in [-0.05, 0) is 0 Å². The molecule has 1 unspecified atom stereocenters. The standard InChI is InChI=1S/CHNO3PS/c2-1-7-5-6(3)4/h(H,3,4). The molecule has 39 valence electrons. The average molecular weight is 138 g/mol. The SMILES string of the molecule is N#CSO[P](=O)O. The summed E-state index contributed by atoms with van der Waals surface area (Å²) in [5.41, 5.74) is 0. The number of nitrogens with zero attached hydrogens (tertiary/aromatic N) is 1. The molecule has 0 saturated heterocycles. The lowest BCUT2D eigenvalue weighted by Gasteiger charge is -1.79. The lowest BCUT2D eigenvalue weighted by molar-refractivity contribution is 0.434. The van der Waals surface area contributed by atoms with Crippen LogP contribution < -0.4 is 0 Å². The van der Waals surface area contributed by atoms with E-state index in [1.807, 2.05) is 0 Å². The van der Waals surface area contributed by atoms with E-state index in [-0.39, 0.29) is 12.0 Å². The van der Waals surface area contributed by atoms with E-state index in [1.54, 1.807) is 0 Å². The maximum Gasteiger partial charge on any atom is 0.379 e. The Balaban J connectivity index is 3.02. The second kappa shape index (κ2) is 4.03. The van der Waals surface area contributed by atoms with Crippen molar-refractivity contribution in [3.05, 3.63) is 0 Å². The van der Waals surface area contributed by atoms with Crippen LogP contribution in [-0.2, 0) is 8.54 Å². The van der Waals surface area contributed by atoms with Gasteiger partial charge in [-0.3, -0.25) is 4.89 Å². The molecule has 0 aliphatic heterocycles. The Kier molecular flexibility index (Phi) is 3.95. The van der Waals surface area contributed by atoms with Gasteiger partial charge in [0.2, 0.25) is 0 Å². The fourth-order valence-electron chi connectivity index (χ4n) is 0.0485. The van der Waals surface area contributed by atoms with Crippen molar-refractivity contribution >= 4 is 20.3 Å². The molecule has 0 aromatic carbocycles. The molecule has 0 spiro atoms. The summed E-state index contributed by atoms with van der Waals surface area (Å²) in [6, 6.07) is 0. The van der Waals surface area contributed by atoms with Crippen LogP contribution in [0.4, 0.5) is 0 Å². The van der Waals surface area contributed by atoms with E-state index in [2.05, 4.69) is 3.97 Å². The van der Waals surface area contributed by atoms with Crippen molar-refractivity contribution in [2.75, 3.05) is 0 Å². The smallest absolute Gasteiger partial charge is 0.298 e. The van der Waals surface area contributed by atoms with Gasteiger partial charge in [-0.15, -0.1) is 0 Å². The first kappa shape index (κ1) is 6.86. The summed E-state index contributed by atoms with van der Waals surface area (Å²) in [5, 5.41) is 9.11. The van der Waals surface area contributed by atoms with E-state index in [4.69, 9.17) is 10.2 Å². The van der Waals surface area contributed by atoms with Gasteiger partial charge in [0.1, 0.15) is 12.0 Å². The topological polar surface area (TPSA) is 70.3 Å². The van der Waals surface area contributed by atoms with Crippen LogP contribution in [0.15, 0.2) is 0 Å². The Labute approximate surface area is 45.2 Å². The summed E-state index contributed by atoms with van der Waals surface area (Å²) in [6.45, 7) is 0. The highest BCUT2D eigenvalue weighted by Crippen LogP contribution is 2.22. The minimum absolute atomic E-state index is 0.288. The summed E-state index contributed by atoms with van der Waals surface area (Å²) in [4.78, 5) is 7.80. The molecular formula is CHNO3PS. The normalized spacial score (nSPS) is 10.0. The molecule has 1 radical (unpaired) electrons. The largest absolute Gasteiger partial charge is 0.379 e. The molecule has 0 heterocycles. The minimum Gasteiger partial charge on any atom is -0.298 e. The molecule has 0 aromatic heterocycles.